The van der Waals surface area contributed by atoms with Gasteiger partial charge in [-0.3, -0.25) is 9.59 Å². The van der Waals surface area contributed by atoms with E-state index >= 15 is 0 Å². The molecule has 3 aliphatic heterocycles. The van der Waals surface area contributed by atoms with E-state index in [4.69, 9.17) is 4.98 Å². The summed E-state index contributed by atoms with van der Waals surface area (Å²) in [6.45, 7) is 0. The van der Waals surface area contributed by atoms with E-state index in [1.54, 1.807) is 33.9 Å². The molecule has 10 heteroatoms. The van der Waals surface area contributed by atoms with Crippen molar-refractivity contribution in [1.82, 2.24) is 20.0 Å². The van der Waals surface area contributed by atoms with E-state index in [2.05, 4.69) is 20.4 Å². The maximum absolute atomic E-state index is 12.3. The Balaban J connectivity index is 1.50. The lowest BCUT2D eigenvalue weighted by Crippen LogP contribution is -2.43. The fraction of sp³-hybridized carbons (Fsp3) is 0. The Morgan fingerprint density at radius 3 is 2.50 bits per heavy atom. The third-order valence-electron chi connectivity index (χ3n) is 5.21. The third kappa shape index (κ3) is 3.51. The fourth-order valence-corrected chi connectivity index (χ4v) is 4.29. The van der Waals surface area contributed by atoms with Crippen LogP contribution in [-0.4, -0.2) is 31.8 Å². The van der Waals surface area contributed by atoms with Gasteiger partial charge in [0, 0.05) is 22.8 Å². The van der Waals surface area contributed by atoms with Gasteiger partial charge in [-0.15, -0.1) is 21.6 Å². The molecule has 9 nitrogen and oxygen atoms in total. The quantitative estimate of drug-likeness (QED) is 0.374. The first kappa shape index (κ1) is 19.9. The summed E-state index contributed by atoms with van der Waals surface area (Å²) >= 11 is 1.53. The highest BCUT2D eigenvalue weighted by Crippen LogP contribution is 2.26. The smallest absolute Gasteiger partial charge is 0.265 e. The summed E-state index contributed by atoms with van der Waals surface area (Å²) in [6.07, 6.45) is 3.71. The zero-order valence-corrected chi connectivity index (χ0v) is 18.3. The Labute approximate surface area is 196 Å². The molecule has 3 aliphatic rings. The summed E-state index contributed by atoms with van der Waals surface area (Å²) in [4.78, 5) is 32.1. The number of carbonyl (C=O) groups is 2. The molecule has 6 rings (SSSR count). The zero-order chi connectivity index (χ0) is 23.1. The van der Waals surface area contributed by atoms with Gasteiger partial charge in [0.25, 0.3) is 17.6 Å². The molecule has 0 atom stereocenters. The van der Waals surface area contributed by atoms with Crippen LogP contribution in [-0.2, 0) is 0 Å². The van der Waals surface area contributed by atoms with Crippen LogP contribution in [0.25, 0.3) is 34.2 Å². The molecule has 0 fully saturated rings. The second kappa shape index (κ2) is 8.01. The molecule has 0 bridgehead atoms. The number of benzene rings is 2. The molecule has 34 heavy (non-hydrogen) atoms. The number of hydrogen-bond acceptors (Lipinski definition) is 6. The summed E-state index contributed by atoms with van der Waals surface area (Å²) in [6, 6.07) is 20.5. The molecular formula is C24H14N7O2S+. The maximum Gasteiger partial charge on any atom is 0.308 e. The average molecular weight is 464 g/mol. The van der Waals surface area contributed by atoms with Crippen LogP contribution in [0.5, 0.6) is 0 Å². The second-order valence-corrected chi connectivity index (χ2v) is 8.30. The summed E-state index contributed by atoms with van der Waals surface area (Å²) < 4.78 is 0. The Morgan fingerprint density at radius 2 is 1.68 bits per heavy atom. The van der Waals surface area contributed by atoms with Crippen molar-refractivity contribution in [1.29, 1.82) is 0 Å². The molecule has 0 aliphatic carbocycles. The van der Waals surface area contributed by atoms with Gasteiger partial charge in [-0.05, 0) is 56.0 Å². The summed E-state index contributed by atoms with van der Waals surface area (Å²) in [7, 11) is 0. The van der Waals surface area contributed by atoms with Crippen LogP contribution in [0.3, 0.4) is 0 Å². The lowest BCUT2D eigenvalue weighted by Gasteiger charge is -2.08. The van der Waals surface area contributed by atoms with Gasteiger partial charge in [0.2, 0.25) is 0 Å². The summed E-state index contributed by atoms with van der Waals surface area (Å²) in [5.41, 5.74) is 2.90. The number of rotatable bonds is 4. The van der Waals surface area contributed by atoms with Gasteiger partial charge >= 0.3 is 5.82 Å². The molecule has 162 valence electrons. The number of carbonyl (C=O) groups excluding carboxylic acids is 2. The number of tetrazole rings is 1. The number of azo groups is 1. The van der Waals surface area contributed by atoms with Crippen LogP contribution < -0.4 is 4.80 Å². The lowest BCUT2D eigenvalue weighted by atomic mass is 10.0. The van der Waals surface area contributed by atoms with Crippen molar-refractivity contribution < 1.29 is 14.4 Å². The average Bonchev–Trinajstić information content (AvgIpc) is 3.50. The number of nitrogens with zero attached hydrogens (tertiary/aromatic N) is 7. The number of aromatic nitrogens is 5. The first-order chi connectivity index (χ1) is 16.7. The minimum absolute atomic E-state index is 0.170. The molecule has 1 aromatic heterocycles. The van der Waals surface area contributed by atoms with Crippen molar-refractivity contribution in [3.63, 3.8) is 0 Å². The molecule has 2 aromatic carbocycles. The highest BCUT2D eigenvalue weighted by molar-refractivity contribution is 7.12. The van der Waals surface area contributed by atoms with E-state index < -0.39 is 11.8 Å². The predicted molar refractivity (Wildman–Crippen MR) is 124 cm³/mol. The van der Waals surface area contributed by atoms with Gasteiger partial charge < -0.3 is 0 Å². The van der Waals surface area contributed by atoms with E-state index in [0.717, 1.165) is 16.1 Å². The normalized spacial score (nSPS) is 13.2. The van der Waals surface area contributed by atoms with Crippen LogP contribution in [0.4, 0.5) is 0 Å². The molecule has 3 aromatic rings. The first-order valence-corrected chi connectivity index (χ1v) is 11.2. The molecule has 0 saturated carbocycles. The first-order valence-electron chi connectivity index (χ1n) is 10.3. The molecule has 2 amide bonds. The van der Waals surface area contributed by atoms with Crippen molar-refractivity contribution in [3.05, 3.63) is 94.6 Å². The number of hydrogen-bond donors (Lipinski definition) is 0. The number of fused-ring (bicyclic) bond motifs is 2. The monoisotopic (exact) mass is 464 g/mol. The SMILES string of the molecule is O=C1N=NC(=O)c2cc(-n3nc(/C=C/c4ccccc4)n[n+]3-c3cc4cccsc-4n3)ccc21. The zero-order valence-electron chi connectivity index (χ0n) is 17.4. The largest absolute Gasteiger partial charge is 0.308 e. The second-order valence-electron chi connectivity index (χ2n) is 7.41. The van der Waals surface area contributed by atoms with Crippen LogP contribution in [0.15, 0.2) is 82.3 Å². The highest BCUT2D eigenvalue weighted by Gasteiger charge is 2.27. The van der Waals surface area contributed by atoms with Crippen molar-refractivity contribution in [3.8, 4) is 22.1 Å². The molecule has 0 spiro atoms. The van der Waals surface area contributed by atoms with Crippen molar-refractivity contribution >= 4 is 35.3 Å². The number of amides is 2. The topological polar surface area (TPSA) is 106 Å². The highest BCUT2D eigenvalue weighted by atomic mass is 32.1. The van der Waals surface area contributed by atoms with Gasteiger partial charge in [-0.1, -0.05) is 41.4 Å². The van der Waals surface area contributed by atoms with Crippen LogP contribution in [0.2, 0.25) is 0 Å². The third-order valence-corrected chi connectivity index (χ3v) is 6.05. The van der Waals surface area contributed by atoms with E-state index in [1.165, 1.54) is 11.3 Å². The molecule has 0 radical (unpaired) electrons. The van der Waals surface area contributed by atoms with Gasteiger partial charge in [0.05, 0.1) is 11.1 Å². The summed E-state index contributed by atoms with van der Waals surface area (Å²) in [5, 5.41) is 18.9. The minimum atomic E-state index is -0.578. The van der Waals surface area contributed by atoms with E-state index in [0.29, 0.717) is 17.3 Å². The van der Waals surface area contributed by atoms with Gasteiger partial charge in [-0.25, -0.2) is 0 Å². The molecule has 4 heterocycles. The van der Waals surface area contributed by atoms with E-state index in [9.17, 15) is 9.59 Å². The maximum atomic E-state index is 12.3. The molecular weight excluding hydrogens is 450 g/mol. The lowest BCUT2D eigenvalue weighted by molar-refractivity contribution is -0.737. The van der Waals surface area contributed by atoms with Gasteiger partial charge in [-0.2, -0.15) is 0 Å². The standard InChI is InChI=1S/C24H14N7O2S/c32-22-18-10-9-17(14-19(18)23(33)27-26-22)30-28-20(11-8-15-5-2-1-3-6-15)29-31(30)21-13-16-7-4-12-34-24(16)25-21/h1-14H/q+1/b11-8+. The Hall–Kier alpha value is -4.70. The van der Waals surface area contributed by atoms with Crippen LogP contribution in [0.1, 0.15) is 32.1 Å². The van der Waals surface area contributed by atoms with Crippen molar-refractivity contribution in [2.24, 2.45) is 10.2 Å². The van der Waals surface area contributed by atoms with Gasteiger partial charge in [0.15, 0.2) is 5.01 Å². The molecule has 0 saturated heterocycles. The van der Waals surface area contributed by atoms with Gasteiger partial charge in [0.1, 0.15) is 5.69 Å². The predicted octanol–water partition coefficient (Wildman–Crippen LogP) is 4.02. The van der Waals surface area contributed by atoms with Crippen molar-refractivity contribution in [2.45, 2.75) is 0 Å². The molecule has 0 unspecified atom stereocenters. The van der Waals surface area contributed by atoms with E-state index in [1.807, 2.05) is 60.0 Å². The molecule has 0 N–H and O–H groups in total. The minimum Gasteiger partial charge on any atom is -0.265 e. The van der Waals surface area contributed by atoms with Crippen molar-refractivity contribution in [2.75, 3.05) is 0 Å². The van der Waals surface area contributed by atoms with Crippen LogP contribution >= 0.6 is 11.3 Å². The fourth-order valence-electron chi connectivity index (χ4n) is 3.60. The Morgan fingerprint density at radius 1 is 0.853 bits per heavy atom. The Bertz CT molecular complexity index is 1570. The summed E-state index contributed by atoms with van der Waals surface area (Å²) in [5.74, 6) is -0.112. The van der Waals surface area contributed by atoms with E-state index in [-0.39, 0.29) is 11.1 Å². The Kier molecular flexibility index (Phi) is 4.70. The van der Waals surface area contributed by atoms with Crippen LogP contribution in [0, 0.1) is 0 Å².